The molecule has 0 saturated heterocycles. The zero-order chi connectivity index (χ0) is 21.1. The van der Waals surface area contributed by atoms with E-state index in [0.717, 1.165) is 44.9 Å². The van der Waals surface area contributed by atoms with E-state index in [1.807, 2.05) is 0 Å². The Hall–Kier alpha value is -0.910. The SMILES string of the molecule is C[C@H](CCC(N)=O)[C@H]1CC[C@H]2[C@H]3C(=C[C@H](O)[C@]12C)[C@@]1(C)CC[C@@H](O)C[C@H]1C[C@H]3O. The summed E-state index contributed by atoms with van der Waals surface area (Å²) in [7, 11) is 0. The fourth-order valence-corrected chi connectivity index (χ4v) is 8.01. The molecule has 0 aliphatic heterocycles. The maximum atomic E-state index is 11.4. The highest BCUT2D eigenvalue weighted by atomic mass is 16.3. The average molecular weight is 406 g/mol. The molecule has 0 aromatic rings. The molecule has 10 atom stereocenters. The Morgan fingerprint density at radius 2 is 1.93 bits per heavy atom. The molecule has 0 unspecified atom stereocenters. The number of nitrogens with two attached hydrogens (primary N) is 1. The molecule has 0 radical (unpaired) electrons. The van der Waals surface area contributed by atoms with Crippen molar-refractivity contribution in [3.8, 4) is 0 Å². The Morgan fingerprint density at radius 1 is 1.21 bits per heavy atom. The molecule has 5 nitrogen and oxygen atoms in total. The van der Waals surface area contributed by atoms with Crippen molar-refractivity contribution < 1.29 is 20.1 Å². The van der Waals surface area contributed by atoms with Crippen molar-refractivity contribution in [3.63, 3.8) is 0 Å². The van der Waals surface area contributed by atoms with Gasteiger partial charge in [-0.1, -0.05) is 32.4 Å². The third kappa shape index (κ3) is 3.19. The van der Waals surface area contributed by atoms with Crippen LogP contribution in [0, 0.1) is 40.4 Å². The summed E-state index contributed by atoms with van der Waals surface area (Å²) in [6.45, 7) is 6.69. The van der Waals surface area contributed by atoms with Gasteiger partial charge < -0.3 is 21.1 Å². The van der Waals surface area contributed by atoms with Crippen LogP contribution in [0.15, 0.2) is 11.6 Å². The van der Waals surface area contributed by atoms with E-state index in [0.29, 0.717) is 18.3 Å². The fourth-order valence-electron chi connectivity index (χ4n) is 8.01. The van der Waals surface area contributed by atoms with Gasteiger partial charge in [-0.15, -0.1) is 0 Å². The number of carbonyl (C=O) groups excluding carboxylic acids is 1. The van der Waals surface area contributed by atoms with Crippen molar-refractivity contribution in [3.05, 3.63) is 11.6 Å². The molecule has 5 N–H and O–H groups in total. The molecule has 164 valence electrons. The molecule has 4 aliphatic rings. The predicted molar refractivity (Wildman–Crippen MR) is 112 cm³/mol. The summed E-state index contributed by atoms with van der Waals surface area (Å²) in [4.78, 5) is 11.3. The van der Waals surface area contributed by atoms with Gasteiger partial charge in [0.25, 0.3) is 0 Å². The number of carbonyl (C=O) groups is 1. The van der Waals surface area contributed by atoms with Crippen LogP contribution in [0.25, 0.3) is 0 Å². The first-order valence-corrected chi connectivity index (χ1v) is 11.6. The minimum Gasteiger partial charge on any atom is -0.393 e. The molecular formula is C24H39NO4. The molecule has 5 heteroatoms. The fraction of sp³-hybridized carbons (Fsp3) is 0.875. The predicted octanol–water partition coefficient (Wildman–Crippen LogP) is 2.77. The highest BCUT2D eigenvalue weighted by molar-refractivity contribution is 5.73. The third-order valence-electron chi connectivity index (χ3n) is 9.74. The number of fused-ring (bicyclic) bond motifs is 5. The van der Waals surface area contributed by atoms with Crippen LogP contribution in [0.2, 0.25) is 0 Å². The second-order valence-corrected chi connectivity index (χ2v) is 11.1. The minimum atomic E-state index is -0.531. The molecule has 3 saturated carbocycles. The first kappa shape index (κ1) is 21.3. The van der Waals surface area contributed by atoms with Gasteiger partial charge in [-0.2, -0.15) is 0 Å². The average Bonchev–Trinajstić information content (AvgIpc) is 3.01. The summed E-state index contributed by atoms with van der Waals surface area (Å²) < 4.78 is 0. The Kier molecular flexibility index (Phi) is 5.40. The normalized spacial score (nSPS) is 50.1. The molecule has 0 heterocycles. The van der Waals surface area contributed by atoms with Gasteiger partial charge in [-0.05, 0) is 74.0 Å². The van der Waals surface area contributed by atoms with Gasteiger partial charge in [-0.3, -0.25) is 4.79 Å². The van der Waals surface area contributed by atoms with Crippen LogP contribution in [0.5, 0.6) is 0 Å². The van der Waals surface area contributed by atoms with Crippen molar-refractivity contribution in [1.82, 2.24) is 0 Å². The molecule has 0 spiro atoms. The quantitative estimate of drug-likeness (QED) is 0.540. The summed E-state index contributed by atoms with van der Waals surface area (Å²) in [5, 5.41) is 32.8. The van der Waals surface area contributed by atoms with Gasteiger partial charge >= 0.3 is 0 Å². The standard InChI is InChI=1S/C24H39NO4/c1-13(4-7-21(25)29)16-5-6-17-22-18(12-20(28)24(16,17)3)23(2)9-8-15(26)10-14(23)11-19(22)27/h12-17,19-20,22,26-28H,4-11H2,1-3H3,(H2,25,29)/t13-,14+,15-,16-,17+,19-,20+,22+,23+,24-/m1/s1. The van der Waals surface area contributed by atoms with Crippen molar-refractivity contribution in [2.45, 2.75) is 90.4 Å². The van der Waals surface area contributed by atoms with Crippen molar-refractivity contribution >= 4 is 5.91 Å². The molecule has 3 fully saturated rings. The molecular weight excluding hydrogens is 366 g/mol. The highest BCUT2D eigenvalue weighted by Crippen LogP contribution is 2.66. The molecule has 1 amide bonds. The largest absolute Gasteiger partial charge is 0.393 e. The van der Waals surface area contributed by atoms with Gasteiger partial charge in [0.05, 0.1) is 18.3 Å². The molecule has 0 aromatic carbocycles. The Balaban J connectivity index is 1.66. The summed E-state index contributed by atoms with van der Waals surface area (Å²) in [5.41, 5.74) is 6.33. The van der Waals surface area contributed by atoms with Crippen LogP contribution in [-0.2, 0) is 4.79 Å². The molecule has 29 heavy (non-hydrogen) atoms. The van der Waals surface area contributed by atoms with Crippen LogP contribution < -0.4 is 5.73 Å². The number of hydrogen-bond acceptors (Lipinski definition) is 4. The van der Waals surface area contributed by atoms with E-state index in [1.165, 1.54) is 5.57 Å². The molecule has 0 bridgehead atoms. The Bertz CT molecular complexity index is 692. The van der Waals surface area contributed by atoms with Crippen molar-refractivity contribution in [2.24, 2.45) is 46.2 Å². The van der Waals surface area contributed by atoms with Gasteiger partial charge in [0.15, 0.2) is 0 Å². The van der Waals surface area contributed by atoms with Gasteiger partial charge in [0.2, 0.25) is 5.91 Å². The zero-order valence-electron chi connectivity index (χ0n) is 18.2. The lowest BCUT2D eigenvalue weighted by atomic mass is 9.47. The number of rotatable bonds is 4. The first-order valence-electron chi connectivity index (χ1n) is 11.6. The van der Waals surface area contributed by atoms with E-state index in [1.54, 1.807) is 0 Å². The van der Waals surface area contributed by atoms with Gasteiger partial charge in [0.1, 0.15) is 0 Å². The second kappa shape index (κ2) is 7.35. The van der Waals surface area contributed by atoms with Crippen LogP contribution >= 0.6 is 0 Å². The lowest BCUT2D eigenvalue weighted by Crippen LogP contribution is -2.57. The maximum Gasteiger partial charge on any atom is 0.217 e. The lowest BCUT2D eigenvalue weighted by molar-refractivity contribution is -0.118. The van der Waals surface area contributed by atoms with Gasteiger partial charge in [-0.25, -0.2) is 0 Å². The van der Waals surface area contributed by atoms with E-state index in [9.17, 15) is 20.1 Å². The van der Waals surface area contributed by atoms with Crippen LogP contribution in [0.3, 0.4) is 0 Å². The number of aliphatic hydroxyl groups is 3. The monoisotopic (exact) mass is 405 g/mol. The number of hydrogen-bond donors (Lipinski definition) is 4. The molecule has 4 rings (SSSR count). The van der Waals surface area contributed by atoms with Crippen molar-refractivity contribution in [1.29, 1.82) is 0 Å². The second-order valence-electron chi connectivity index (χ2n) is 11.1. The highest BCUT2D eigenvalue weighted by Gasteiger charge is 2.62. The topological polar surface area (TPSA) is 104 Å². The smallest absolute Gasteiger partial charge is 0.217 e. The number of amides is 1. The van der Waals surface area contributed by atoms with E-state index in [2.05, 4.69) is 26.8 Å². The molecule has 4 aliphatic carbocycles. The zero-order valence-corrected chi connectivity index (χ0v) is 18.2. The Morgan fingerprint density at radius 3 is 2.62 bits per heavy atom. The number of aliphatic hydroxyl groups excluding tert-OH is 3. The first-order chi connectivity index (χ1) is 13.6. The van der Waals surface area contributed by atoms with E-state index >= 15 is 0 Å². The molecule has 0 aromatic heterocycles. The van der Waals surface area contributed by atoms with E-state index in [4.69, 9.17) is 5.73 Å². The Labute approximate surface area is 174 Å². The maximum absolute atomic E-state index is 11.4. The summed E-state index contributed by atoms with van der Waals surface area (Å²) in [6, 6.07) is 0. The summed E-state index contributed by atoms with van der Waals surface area (Å²) in [6.07, 6.45) is 7.33. The summed E-state index contributed by atoms with van der Waals surface area (Å²) in [5.74, 6) is 1.03. The number of primary amides is 1. The van der Waals surface area contributed by atoms with E-state index < -0.39 is 12.2 Å². The van der Waals surface area contributed by atoms with Crippen LogP contribution in [-0.4, -0.2) is 39.5 Å². The summed E-state index contributed by atoms with van der Waals surface area (Å²) >= 11 is 0. The van der Waals surface area contributed by atoms with Crippen LogP contribution in [0.4, 0.5) is 0 Å². The van der Waals surface area contributed by atoms with Gasteiger partial charge in [0, 0.05) is 17.8 Å². The lowest BCUT2D eigenvalue weighted by Gasteiger charge is -2.59. The van der Waals surface area contributed by atoms with Crippen molar-refractivity contribution in [2.75, 3.05) is 0 Å². The minimum absolute atomic E-state index is 0.0267. The van der Waals surface area contributed by atoms with E-state index in [-0.39, 0.29) is 40.6 Å². The van der Waals surface area contributed by atoms with Crippen LogP contribution in [0.1, 0.15) is 72.1 Å². The third-order valence-corrected chi connectivity index (χ3v) is 9.74.